The molecule has 0 aliphatic heterocycles. The molecule has 0 aliphatic rings. The maximum atomic E-state index is 12.0. The van der Waals surface area contributed by atoms with Gasteiger partial charge in [0.15, 0.2) is 0 Å². The smallest absolute Gasteiger partial charge is 0.261 e. The zero-order valence-electron chi connectivity index (χ0n) is 20.9. The summed E-state index contributed by atoms with van der Waals surface area (Å²) in [5.74, 6) is -0.282. The molecule has 0 radical (unpaired) electrons. The van der Waals surface area contributed by atoms with Gasteiger partial charge in [-0.05, 0) is 70.2 Å². The second kappa shape index (κ2) is 15.4. The van der Waals surface area contributed by atoms with Crippen molar-refractivity contribution in [2.75, 3.05) is 0 Å². The van der Waals surface area contributed by atoms with Crippen LogP contribution in [-0.2, 0) is 6.18 Å². The van der Waals surface area contributed by atoms with Crippen molar-refractivity contribution in [1.82, 2.24) is 19.9 Å². The summed E-state index contributed by atoms with van der Waals surface area (Å²) in [6.07, 6.45) is 0.566. The molecule has 198 valence electrons. The molecule has 0 N–H and O–H groups in total. The van der Waals surface area contributed by atoms with Crippen molar-refractivity contribution in [1.29, 1.82) is 5.26 Å². The number of aryl methyl sites for hydroxylation is 4. The minimum Gasteiger partial charge on any atom is -0.261 e. The highest BCUT2D eigenvalue weighted by atomic mass is 19.4. The molecule has 4 heterocycles. The number of alkyl halides is 3. The predicted octanol–water partition coefficient (Wildman–Crippen LogP) is 6.50. The third-order valence-corrected chi connectivity index (χ3v) is 4.26. The minimum atomic E-state index is -4.28. The summed E-state index contributed by atoms with van der Waals surface area (Å²) >= 11 is 0. The van der Waals surface area contributed by atoms with Gasteiger partial charge in [-0.2, -0.15) is 18.4 Å². The molecule has 0 aromatic carbocycles. The largest absolute Gasteiger partial charge is 0.417 e. The first kappa shape index (κ1) is 31.2. The van der Waals surface area contributed by atoms with E-state index in [0.29, 0.717) is 11.3 Å². The number of nitriles is 1. The summed E-state index contributed by atoms with van der Waals surface area (Å²) in [6, 6.07) is 14.0. The van der Waals surface area contributed by atoms with Gasteiger partial charge in [-0.1, -0.05) is 0 Å². The molecule has 0 saturated carbocycles. The van der Waals surface area contributed by atoms with Crippen LogP contribution in [0.2, 0.25) is 0 Å². The quantitative estimate of drug-likeness (QED) is 0.157. The van der Waals surface area contributed by atoms with E-state index in [1.807, 2.05) is 26.0 Å². The highest BCUT2D eigenvalue weighted by molar-refractivity contribution is 5.26. The van der Waals surface area contributed by atoms with Crippen LogP contribution in [-0.4, -0.2) is 24.9 Å². The average molecular weight is 529 g/mol. The van der Waals surface area contributed by atoms with Gasteiger partial charge < -0.3 is 0 Å². The fourth-order valence-corrected chi connectivity index (χ4v) is 2.19. The molecule has 0 spiro atoms. The molecule has 12 heteroatoms. The van der Waals surface area contributed by atoms with E-state index < -0.39 is 16.7 Å². The Balaban J connectivity index is 0.000000255. The zero-order valence-corrected chi connectivity index (χ0v) is 20.9. The summed E-state index contributed by atoms with van der Waals surface area (Å²) in [7, 11) is 0. The van der Waals surface area contributed by atoms with Gasteiger partial charge in [-0.25, -0.2) is 4.39 Å². The fraction of sp³-hybridized carbons (Fsp3) is 0.192. The molecule has 38 heavy (non-hydrogen) atoms. The van der Waals surface area contributed by atoms with E-state index in [4.69, 9.17) is 5.26 Å². The number of rotatable bonds is 1. The summed E-state index contributed by atoms with van der Waals surface area (Å²) < 4.78 is 47.7. The van der Waals surface area contributed by atoms with Crippen molar-refractivity contribution in [3.8, 4) is 6.07 Å². The highest BCUT2D eigenvalue weighted by Crippen LogP contribution is 2.28. The molecule has 4 aromatic rings. The molecule has 0 fully saturated rings. The van der Waals surface area contributed by atoms with Gasteiger partial charge in [0.05, 0.1) is 22.2 Å². The highest BCUT2D eigenvalue weighted by Gasteiger charge is 2.30. The average Bonchev–Trinajstić information content (AvgIpc) is 2.87. The Morgan fingerprint density at radius 2 is 1.21 bits per heavy atom. The maximum absolute atomic E-state index is 12.0. The Hall–Kier alpha value is -4.79. The van der Waals surface area contributed by atoms with Crippen LogP contribution in [0.3, 0.4) is 0 Å². The Labute approximate surface area is 216 Å². The molecule has 0 amide bonds. The van der Waals surface area contributed by atoms with Crippen LogP contribution in [0.25, 0.3) is 0 Å². The van der Waals surface area contributed by atoms with Gasteiger partial charge >= 0.3 is 6.18 Å². The molecular weight excluding hydrogens is 504 g/mol. The number of nitrogens with zero attached hydrogens (tertiary/aromatic N) is 6. The third kappa shape index (κ3) is 12.8. The number of pyridine rings is 4. The Morgan fingerprint density at radius 3 is 1.53 bits per heavy atom. The Kier molecular flexibility index (Phi) is 12.6. The van der Waals surface area contributed by atoms with Crippen molar-refractivity contribution in [2.45, 2.75) is 33.9 Å². The van der Waals surface area contributed by atoms with E-state index in [2.05, 4.69) is 19.9 Å². The lowest BCUT2D eigenvalue weighted by molar-refractivity contribution is -0.385. The van der Waals surface area contributed by atoms with Crippen LogP contribution in [0.4, 0.5) is 23.2 Å². The Morgan fingerprint density at radius 1 is 0.737 bits per heavy atom. The number of nitro groups is 1. The van der Waals surface area contributed by atoms with Gasteiger partial charge in [0.25, 0.3) is 5.69 Å². The van der Waals surface area contributed by atoms with Gasteiger partial charge in [0, 0.05) is 41.2 Å². The van der Waals surface area contributed by atoms with Crippen LogP contribution in [0.15, 0.2) is 73.3 Å². The lowest BCUT2D eigenvalue weighted by Gasteiger charge is -2.04. The van der Waals surface area contributed by atoms with Crippen LogP contribution in [0.5, 0.6) is 0 Å². The maximum Gasteiger partial charge on any atom is 0.417 e. The predicted molar refractivity (Wildman–Crippen MR) is 132 cm³/mol. The fourth-order valence-electron chi connectivity index (χ4n) is 2.19. The van der Waals surface area contributed by atoms with E-state index in [1.165, 1.54) is 30.6 Å². The second-order valence-corrected chi connectivity index (χ2v) is 7.52. The van der Waals surface area contributed by atoms with Gasteiger partial charge in [-0.15, -0.1) is 0 Å². The lowest BCUT2D eigenvalue weighted by Crippen LogP contribution is -2.05. The summed E-state index contributed by atoms with van der Waals surface area (Å²) in [4.78, 5) is 24.5. The first-order chi connectivity index (χ1) is 17.8. The summed E-state index contributed by atoms with van der Waals surface area (Å²) in [5.41, 5.74) is 3.08. The van der Waals surface area contributed by atoms with E-state index in [1.54, 1.807) is 38.2 Å². The number of aromatic nitrogens is 4. The standard InChI is InChI=1S/C7H6F3N.C7H6N2.C6H6FN.C6H6N2O2/c1-5-2-3-6(4-11-5)7(8,9)10;1-6-2-3-7(4-8)5-9-6;1-5-2-3-6(7)4-8-5;1-5-2-3-6(4-7-5)8(9)10/h2-4H,1H3;2-3,5H,1H3;2-4H,1H3;2-4H,1H3. The van der Waals surface area contributed by atoms with Crippen LogP contribution in [0, 0.1) is 55.0 Å². The van der Waals surface area contributed by atoms with Crippen LogP contribution >= 0.6 is 0 Å². The molecule has 0 unspecified atom stereocenters. The van der Waals surface area contributed by atoms with E-state index in [0.717, 1.165) is 29.3 Å². The van der Waals surface area contributed by atoms with E-state index >= 15 is 0 Å². The van der Waals surface area contributed by atoms with E-state index in [-0.39, 0.29) is 11.5 Å². The van der Waals surface area contributed by atoms with Crippen molar-refractivity contribution in [2.24, 2.45) is 0 Å². The molecule has 0 saturated heterocycles. The normalized spacial score (nSPS) is 9.76. The topological polar surface area (TPSA) is 118 Å². The van der Waals surface area contributed by atoms with E-state index in [9.17, 15) is 27.7 Å². The minimum absolute atomic E-state index is 0.0330. The molecule has 0 atom stereocenters. The van der Waals surface area contributed by atoms with Crippen molar-refractivity contribution in [3.63, 3.8) is 0 Å². The first-order valence-electron chi connectivity index (χ1n) is 10.8. The first-order valence-corrected chi connectivity index (χ1v) is 10.8. The number of halogens is 4. The Bertz CT molecular complexity index is 1280. The van der Waals surface area contributed by atoms with Gasteiger partial charge in [0.1, 0.15) is 18.1 Å². The molecule has 8 nitrogen and oxygen atoms in total. The zero-order chi connectivity index (χ0) is 28.7. The molecule has 4 rings (SSSR count). The van der Waals surface area contributed by atoms with Crippen molar-refractivity contribution < 1.29 is 22.5 Å². The molecular formula is C26H24F4N6O2. The molecule has 0 bridgehead atoms. The monoisotopic (exact) mass is 528 g/mol. The third-order valence-electron chi connectivity index (χ3n) is 4.26. The van der Waals surface area contributed by atoms with Gasteiger partial charge in [-0.3, -0.25) is 30.1 Å². The summed E-state index contributed by atoms with van der Waals surface area (Å²) in [5, 5.41) is 18.4. The number of hydrogen-bond donors (Lipinski definition) is 0. The van der Waals surface area contributed by atoms with Gasteiger partial charge in [0.2, 0.25) is 0 Å². The van der Waals surface area contributed by atoms with Crippen molar-refractivity contribution >= 4 is 5.69 Å². The molecule has 4 aromatic heterocycles. The second-order valence-electron chi connectivity index (χ2n) is 7.52. The summed E-state index contributed by atoms with van der Waals surface area (Å²) in [6.45, 7) is 7.13. The lowest BCUT2D eigenvalue weighted by atomic mass is 10.2. The van der Waals surface area contributed by atoms with Crippen LogP contribution < -0.4 is 0 Å². The van der Waals surface area contributed by atoms with Crippen LogP contribution in [0.1, 0.15) is 33.9 Å². The SMILES string of the molecule is Cc1ccc(C#N)cn1.Cc1ccc(C(F)(F)F)cn1.Cc1ccc(F)cn1.Cc1ccc([N+](=O)[O-])cn1. The molecule has 0 aliphatic carbocycles. The number of hydrogen-bond acceptors (Lipinski definition) is 7. The van der Waals surface area contributed by atoms with Crippen molar-refractivity contribution in [3.05, 3.63) is 123 Å².